The third kappa shape index (κ3) is 1.48. The van der Waals surface area contributed by atoms with Crippen LogP contribution in [-0.2, 0) is 0 Å². The molecule has 0 aliphatic carbocycles. The highest BCUT2D eigenvalue weighted by Crippen LogP contribution is 2.02. The van der Waals surface area contributed by atoms with Crippen LogP contribution >= 0.6 is 11.6 Å². The highest BCUT2D eigenvalue weighted by molar-refractivity contribution is 6.27. The van der Waals surface area contributed by atoms with Crippen LogP contribution in [-0.4, -0.2) is 27.4 Å². The Morgan fingerprint density at radius 2 is 2.25 bits per heavy atom. The van der Waals surface area contributed by atoms with E-state index in [-0.39, 0.29) is 11.6 Å². The molecule has 0 spiro atoms. The van der Waals surface area contributed by atoms with Gasteiger partial charge in [-0.1, -0.05) is 0 Å². The molecule has 0 saturated carbocycles. The standard InChI is InChI=1S/C7H6ClNO3/c8-4-6(10)9-3-1-2-5(9)7(11)12/h1-3H,4H2,(H,11,12). The fourth-order valence-corrected chi connectivity index (χ4v) is 0.966. The smallest absolute Gasteiger partial charge is 0.352 e. The predicted octanol–water partition coefficient (Wildman–Crippen LogP) is 1.07. The van der Waals surface area contributed by atoms with E-state index in [1.165, 1.54) is 18.3 Å². The summed E-state index contributed by atoms with van der Waals surface area (Å²) in [6.07, 6.45) is 1.37. The lowest BCUT2D eigenvalue weighted by Gasteiger charge is -1.99. The quantitative estimate of drug-likeness (QED) is 0.705. The molecule has 0 amide bonds. The molecule has 1 rings (SSSR count). The second kappa shape index (κ2) is 3.40. The van der Waals surface area contributed by atoms with E-state index in [2.05, 4.69) is 0 Å². The summed E-state index contributed by atoms with van der Waals surface area (Å²) in [6, 6.07) is 2.82. The molecule has 0 unspecified atom stereocenters. The van der Waals surface area contributed by atoms with Crippen LogP contribution in [0, 0.1) is 0 Å². The van der Waals surface area contributed by atoms with Crippen molar-refractivity contribution in [3.63, 3.8) is 0 Å². The summed E-state index contributed by atoms with van der Waals surface area (Å²) in [7, 11) is 0. The summed E-state index contributed by atoms with van der Waals surface area (Å²) in [5.74, 6) is -1.81. The van der Waals surface area contributed by atoms with Gasteiger partial charge in [0.2, 0.25) is 5.91 Å². The van der Waals surface area contributed by atoms with Gasteiger partial charge in [-0.3, -0.25) is 9.36 Å². The molecule has 64 valence electrons. The van der Waals surface area contributed by atoms with E-state index in [1.807, 2.05) is 0 Å². The Morgan fingerprint density at radius 1 is 1.58 bits per heavy atom. The number of carbonyl (C=O) groups excluding carboxylic acids is 1. The molecular formula is C7H6ClNO3. The summed E-state index contributed by atoms with van der Waals surface area (Å²) >= 11 is 5.26. The molecule has 4 nitrogen and oxygen atoms in total. The van der Waals surface area contributed by atoms with Crippen LogP contribution in [0.1, 0.15) is 15.3 Å². The Bertz CT molecular complexity index is 318. The number of aromatic carboxylic acids is 1. The molecule has 1 aromatic rings. The van der Waals surface area contributed by atoms with Crippen LogP contribution in [0.5, 0.6) is 0 Å². The van der Waals surface area contributed by atoms with E-state index in [0.717, 1.165) is 4.57 Å². The van der Waals surface area contributed by atoms with Crippen LogP contribution in [0.15, 0.2) is 18.3 Å². The maximum absolute atomic E-state index is 11.0. The highest BCUT2D eigenvalue weighted by Gasteiger charge is 2.12. The summed E-state index contributed by atoms with van der Waals surface area (Å²) in [4.78, 5) is 21.5. The normalized spacial score (nSPS) is 9.75. The number of carbonyl (C=O) groups is 2. The minimum absolute atomic E-state index is 0.0688. The predicted molar refractivity (Wildman–Crippen MR) is 42.7 cm³/mol. The first-order valence-corrected chi connectivity index (χ1v) is 3.70. The molecule has 1 heterocycles. The molecule has 0 bridgehead atoms. The Morgan fingerprint density at radius 3 is 2.75 bits per heavy atom. The molecule has 1 N–H and O–H groups in total. The average molecular weight is 188 g/mol. The van der Waals surface area contributed by atoms with Gasteiger partial charge in [0.25, 0.3) is 0 Å². The Hall–Kier alpha value is -1.29. The second-order valence-electron chi connectivity index (χ2n) is 2.10. The Balaban J connectivity index is 3.07. The van der Waals surface area contributed by atoms with E-state index < -0.39 is 11.9 Å². The minimum Gasteiger partial charge on any atom is -0.477 e. The third-order valence-electron chi connectivity index (χ3n) is 1.35. The van der Waals surface area contributed by atoms with E-state index >= 15 is 0 Å². The van der Waals surface area contributed by atoms with Gasteiger partial charge in [0.15, 0.2) is 0 Å². The molecule has 0 aliphatic heterocycles. The summed E-state index contributed by atoms with van der Waals surface area (Å²) in [5, 5.41) is 8.58. The van der Waals surface area contributed by atoms with Crippen LogP contribution < -0.4 is 0 Å². The number of rotatable bonds is 2. The molecule has 1 aromatic heterocycles. The largest absolute Gasteiger partial charge is 0.477 e. The van der Waals surface area contributed by atoms with E-state index in [0.29, 0.717) is 0 Å². The van der Waals surface area contributed by atoms with Crippen molar-refractivity contribution < 1.29 is 14.7 Å². The van der Waals surface area contributed by atoms with Crippen LogP contribution in [0.2, 0.25) is 0 Å². The van der Waals surface area contributed by atoms with E-state index in [1.54, 1.807) is 0 Å². The van der Waals surface area contributed by atoms with Gasteiger partial charge < -0.3 is 5.11 Å². The number of hydrogen-bond donors (Lipinski definition) is 1. The van der Waals surface area contributed by atoms with E-state index in [4.69, 9.17) is 16.7 Å². The van der Waals surface area contributed by atoms with Crippen molar-refractivity contribution in [2.75, 3.05) is 5.88 Å². The van der Waals surface area contributed by atoms with Crippen molar-refractivity contribution in [2.45, 2.75) is 0 Å². The van der Waals surface area contributed by atoms with E-state index in [9.17, 15) is 9.59 Å². The summed E-state index contributed by atoms with van der Waals surface area (Å²) in [5.41, 5.74) is -0.0688. The summed E-state index contributed by atoms with van der Waals surface area (Å²) in [6.45, 7) is 0. The Labute approximate surface area is 73.4 Å². The lowest BCUT2D eigenvalue weighted by Crippen LogP contribution is -2.16. The molecule has 0 radical (unpaired) electrons. The van der Waals surface area contributed by atoms with Gasteiger partial charge in [-0.2, -0.15) is 0 Å². The molecule has 0 atom stereocenters. The number of aromatic nitrogens is 1. The van der Waals surface area contributed by atoms with Crippen molar-refractivity contribution >= 4 is 23.5 Å². The molecule has 12 heavy (non-hydrogen) atoms. The van der Waals surface area contributed by atoms with Gasteiger partial charge in [-0.25, -0.2) is 4.79 Å². The van der Waals surface area contributed by atoms with Crippen LogP contribution in [0.3, 0.4) is 0 Å². The van der Waals surface area contributed by atoms with Gasteiger partial charge in [-0.15, -0.1) is 11.6 Å². The second-order valence-corrected chi connectivity index (χ2v) is 2.36. The SMILES string of the molecule is O=C(O)c1cccn1C(=O)CCl. The first-order chi connectivity index (χ1) is 5.66. The molecular weight excluding hydrogens is 182 g/mol. The first kappa shape index (κ1) is 8.80. The lowest BCUT2D eigenvalue weighted by molar-refractivity contribution is 0.0675. The minimum atomic E-state index is -1.14. The van der Waals surface area contributed by atoms with Gasteiger partial charge in [0, 0.05) is 6.20 Å². The van der Waals surface area contributed by atoms with Gasteiger partial charge in [0.05, 0.1) is 0 Å². The van der Waals surface area contributed by atoms with Gasteiger partial charge >= 0.3 is 5.97 Å². The fraction of sp³-hybridized carbons (Fsp3) is 0.143. The zero-order valence-electron chi connectivity index (χ0n) is 6.03. The van der Waals surface area contributed by atoms with Crippen molar-refractivity contribution in [2.24, 2.45) is 0 Å². The zero-order valence-corrected chi connectivity index (χ0v) is 6.78. The molecule has 5 heteroatoms. The number of hydrogen-bond acceptors (Lipinski definition) is 2. The number of halogens is 1. The average Bonchev–Trinajstić information content (AvgIpc) is 2.50. The molecule has 0 saturated heterocycles. The first-order valence-electron chi connectivity index (χ1n) is 3.16. The van der Waals surface area contributed by atoms with Crippen molar-refractivity contribution in [1.29, 1.82) is 0 Å². The topological polar surface area (TPSA) is 59.3 Å². The number of nitrogens with zero attached hydrogens (tertiary/aromatic N) is 1. The van der Waals surface area contributed by atoms with Gasteiger partial charge in [-0.05, 0) is 12.1 Å². The lowest BCUT2D eigenvalue weighted by atomic mass is 10.4. The highest BCUT2D eigenvalue weighted by atomic mass is 35.5. The maximum atomic E-state index is 11.0. The number of carboxylic acid groups (broad SMARTS) is 1. The Kier molecular flexibility index (Phi) is 2.50. The zero-order chi connectivity index (χ0) is 9.14. The van der Waals surface area contributed by atoms with Crippen LogP contribution in [0.4, 0.5) is 0 Å². The number of carboxylic acids is 1. The maximum Gasteiger partial charge on any atom is 0.352 e. The molecule has 0 fully saturated rings. The van der Waals surface area contributed by atoms with Crippen molar-refractivity contribution in [3.8, 4) is 0 Å². The molecule has 0 aliphatic rings. The third-order valence-corrected chi connectivity index (χ3v) is 1.58. The molecule has 0 aromatic carbocycles. The monoisotopic (exact) mass is 187 g/mol. The van der Waals surface area contributed by atoms with Crippen molar-refractivity contribution in [3.05, 3.63) is 24.0 Å². The number of alkyl halides is 1. The van der Waals surface area contributed by atoms with Crippen molar-refractivity contribution in [1.82, 2.24) is 4.57 Å². The summed E-state index contributed by atoms with van der Waals surface area (Å²) < 4.78 is 1.01. The van der Waals surface area contributed by atoms with Crippen LogP contribution in [0.25, 0.3) is 0 Å². The van der Waals surface area contributed by atoms with Gasteiger partial charge in [0.1, 0.15) is 11.6 Å². The fourth-order valence-electron chi connectivity index (χ4n) is 0.837.